The van der Waals surface area contributed by atoms with E-state index in [0.717, 1.165) is 41.3 Å². The minimum atomic E-state index is -0.438. The lowest BCUT2D eigenvalue weighted by Crippen LogP contribution is -2.43. The fourth-order valence-corrected chi connectivity index (χ4v) is 6.37. The second-order valence-corrected chi connectivity index (χ2v) is 8.38. The van der Waals surface area contributed by atoms with E-state index in [9.17, 15) is 5.11 Å². The van der Waals surface area contributed by atoms with Gasteiger partial charge >= 0.3 is 0 Å². The first-order chi connectivity index (χ1) is 9.07. The molecule has 1 N–H and O–H groups in total. The van der Waals surface area contributed by atoms with Crippen molar-refractivity contribution in [2.75, 3.05) is 0 Å². The minimum Gasteiger partial charge on any atom is -0.389 e. The van der Waals surface area contributed by atoms with Crippen LogP contribution in [0, 0.1) is 37.5 Å². The molecule has 3 saturated carbocycles. The summed E-state index contributed by atoms with van der Waals surface area (Å²) < 4.78 is 0. The number of hydrogen-bond acceptors (Lipinski definition) is 3. The predicted molar refractivity (Wildman–Crippen MR) is 77.3 cm³/mol. The molecule has 4 rings (SSSR count). The molecule has 3 fully saturated rings. The highest BCUT2D eigenvalue weighted by atomic mass is 32.1. The number of fused-ring (bicyclic) bond motifs is 5. The van der Waals surface area contributed by atoms with Gasteiger partial charge in [0, 0.05) is 11.3 Å². The normalized spacial score (nSPS) is 43.9. The number of aliphatic hydroxyl groups is 1. The van der Waals surface area contributed by atoms with E-state index in [-0.39, 0.29) is 0 Å². The van der Waals surface area contributed by atoms with Crippen molar-refractivity contribution in [3.8, 4) is 0 Å². The standard InChI is InChI=1S/C16H23NOS/c1-9-10(2)19-15(17-9)8-16(18)7-11-6-14(16)13-5-3-4-12(11)13/h11-14,18H,3-8H2,1-2H3. The highest BCUT2D eigenvalue weighted by Gasteiger charge is 2.60. The molecule has 19 heavy (non-hydrogen) atoms. The van der Waals surface area contributed by atoms with Gasteiger partial charge in [-0.25, -0.2) is 4.98 Å². The Bertz CT molecular complexity index is 491. The topological polar surface area (TPSA) is 33.1 Å². The van der Waals surface area contributed by atoms with Crippen LogP contribution < -0.4 is 0 Å². The van der Waals surface area contributed by atoms with Gasteiger partial charge in [0.2, 0.25) is 0 Å². The van der Waals surface area contributed by atoms with Crippen molar-refractivity contribution in [1.29, 1.82) is 0 Å². The summed E-state index contributed by atoms with van der Waals surface area (Å²) in [5.41, 5.74) is 0.706. The van der Waals surface area contributed by atoms with E-state index in [4.69, 9.17) is 0 Å². The molecule has 0 aliphatic heterocycles. The van der Waals surface area contributed by atoms with Crippen LogP contribution in [0.1, 0.15) is 47.7 Å². The Morgan fingerprint density at radius 2 is 2.11 bits per heavy atom. The van der Waals surface area contributed by atoms with Crippen LogP contribution in [0.4, 0.5) is 0 Å². The van der Waals surface area contributed by atoms with E-state index in [1.165, 1.54) is 30.6 Å². The lowest BCUT2D eigenvalue weighted by Gasteiger charge is -2.38. The second kappa shape index (κ2) is 4.05. The average molecular weight is 277 g/mol. The summed E-state index contributed by atoms with van der Waals surface area (Å²) in [6.45, 7) is 4.21. The zero-order chi connectivity index (χ0) is 13.2. The molecule has 1 aromatic heterocycles. The zero-order valence-electron chi connectivity index (χ0n) is 11.9. The van der Waals surface area contributed by atoms with Crippen LogP contribution in [-0.2, 0) is 6.42 Å². The SMILES string of the molecule is Cc1nc(CC2(O)CC3CC2C2CCCC32)sc1C. The van der Waals surface area contributed by atoms with Crippen molar-refractivity contribution in [3.05, 3.63) is 15.6 Å². The number of thiazole rings is 1. The van der Waals surface area contributed by atoms with Crippen LogP contribution in [0.5, 0.6) is 0 Å². The van der Waals surface area contributed by atoms with E-state index in [1.54, 1.807) is 11.3 Å². The molecule has 2 nitrogen and oxygen atoms in total. The first-order valence-electron chi connectivity index (χ1n) is 7.72. The maximum absolute atomic E-state index is 11.1. The summed E-state index contributed by atoms with van der Waals surface area (Å²) in [7, 11) is 0. The molecule has 104 valence electrons. The molecule has 5 atom stereocenters. The van der Waals surface area contributed by atoms with E-state index in [2.05, 4.69) is 18.8 Å². The lowest BCUT2D eigenvalue weighted by molar-refractivity contribution is -0.0450. The molecule has 1 heterocycles. The Morgan fingerprint density at radius 1 is 1.32 bits per heavy atom. The van der Waals surface area contributed by atoms with Gasteiger partial charge in [0.15, 0.2) is 0 Å². The van der Waals surface area contributed by atoms with Gasteiger partial charge in [-0.15, -0.1) is 11.3 Å². The number of hydrogen-bond donors (Lipinski definition) is 1. The van der Waals surface area contributed by atoms with Crippen LogP contribution in [0.25, 0.3) is 0 Å². The number of aryl methyl sites for hydroxylation is 2. The van der Waals surface area contributed by atoms with Crippen LogP contribution in [0.3, 0.4) is 0 Å². The molecule has 3 heteroatoms. The summed E-state index contributed by atoms with van der Waals surface area (Å²) in [4.78, 5) is 5.95. The monoisotopic (exact) mass is 277 g/mol. The van der Waals surface area contributed by atoms with Crippen molar-refractivity contribution in [2.24, 2.45) is 23.7 Å². The molecule has 2 bridgehead atoms. The van der Waals surface area contributed by atoms with Gasteiger partial charge < -0.3 is 5.11 Å². The predicted octanol–water partition coefficient (Wildman–Crippen LogP) is 3.49. The van der Waals surface area contributed by atoms with E-state index < -0.39 is 5.60 Å². The van der Waals surface area contributed by atoms with Crippen molar-refractivity contribution < 1.29 is 5.11 Å². The summed E-state index contributed by atoms with van der Waals surface area (Å²) in [6.07, 6.45) is 7.32. The Labute approximate surface area is 119 Å². The highest BCUT2D eigenvalue weighted by Crippen LogP contribution is 2.63. The third-order valence-electron chi connectivity index (χ3n) is 6.14. The average Bonchev–Trinajstić information content (AvgIpc) is 3.02. The maximum atomic E-state index is 11.1. The highest BCUT2D eigenvalue weighted by molar-refractivity contribution is 7.11. The van der Waals surface area contributed by atoms with Gasteiger partial charge in [0.1, 0.15) is 0 Å². The largest absolute Gasteiger partial charge is 0.389 e. The first kappa shape index (κ1) is 12.3. The molecule has 0 aromatic carbocycles. The van der Waals surface area contributed by atoms with Crippen LogP contribution in [0.2, 0.25) is 0 Å². The van der Waals surface area contributed by atoms with Crippen LogP contribution in [0.15, 0.2) is 0 Å². The Hall–Kier alpha value is -0.410. The van der Waals surface area contributed by atoms with E-state index in [1.807, 2.05) is 0 Å². The van der Waals surface area contributed by atoms with Gasteiger partial charge in [-0.3, -0.25) is 0 Å². The van der Waals surface area contributed by atoms with Gasteiger partial charge in [-0.1, -0.05) is 6.42 Å². The molecule has 5 unspecified atom stereocenters. The molecule has 0 saturated heterocycles. The molecular formula is C16H23NOS. The van der Waals surface area contributed by atoms with Crippen molar-refractivity contribution in [1.82, 2.24) is 4.98 Å². The summed E-state index contributed by atoms with van der Waals surface area (Å²) in [6, 6.07) is 0. The Balaban J connectivity index is 1.58. The third kappa shape index (κ3) is 1.74. The van der Waals surface area contributed by atoms with Gasteiger partial charge in [-0.2, -0.15) is 0 Å². The maximum Gasteiger partial charge on any atom is 0.0959 e. The van der Waals surface area contributed by atoms with Crippen molar-refractivity contribution in [2.45, 2.75) is 58.0 Å². The van der Waals surface area contributed by atoms with Gasteiger partial charge in [0.05, 0.1) is 16.3 Å². The molecule has 3 aliphatic carbocycles. The fourth-order valence-electron chi connectivity index (χ4n) is 5.32. The lowest BCUT2D eigenvalue weighted by atomic mass is 9.72. The number of aromatic nitrogens is 1. The second-order valence-electron chi connectivity index (χ2n) is 7.09. The van der Waals surface area contributed by atoms with Crippen LogP contribution in [-0.4, -0.2) is 15.7 Å². The fraction of sp³-hybridized carbons (Fsp3) is 0.812. The minimum absolute atomic E-state index is 0.438. The number of rotatable bonds is 2. The molecule has 0 radical (unpaired) electrons. The van der Waals surface area contributed by atoms with Gasteiger partial charge in [0.25, 0.3) is 0 Å². The first-order valence-corrected chi connectivity index (χ1v) is 8.54. The van der Waals surface area contributed by atoms with Crippen LogP contribution >= 0.6 is 11.3 Å². The Morgan fingerprint density at radius 3 is 2.84 bits per heavy atom. The molecule has 3 aliphatic rings. The van der Waals surface area contributed by atoms with E-state index in [0.29, 0.717) is 5.92 Å². The van der Waals surface area contributed by atoms with E-state index >= 15 is 0 Å². The molecule has 0 amide bonds. The third-order valence-corrected chi connectivity index (χ3v) is 7.21. The molecular weight excluding hydrogens is 254 g/mol. The van der Waals surface area contributed by atoms with Gasteiger partial charge in [-0.05, 0) is 63.2 Å². The van der Waals surface area contributed by atoms with Crippen molar-refractivity contribution in [3.63, 3.8) is 0 Å². The molecule has 0 spiro atoms. The summed E-state index contributed by atoms with van der Waals surface area (Å²) in [5, 5.41) is 12.3. The summed E-state index contributed by atoms with van der Waals surface area (Å²) in [5.74, 6) is 3.15. The zero-order valence-corrected chi connectivity index (χ0v) is 12.7. The van der Waals surface area contributed by atoms with Crippen molar-refractivity contribution >= 4 is 11.3 Å². The number of nitrogens with zero attached hydrogens (tertiary/aromatic N) is 1. The Kier molecular flexibility index (Phi) is 2.63. The smallest absolute Gasteiger partial charge is 0.0959 e. The summed E-state index contributed by atoms with van der Waals surface area (Å²) >= 11 is 1.78. The quantitative estimate of drug-likeness (QED) is 0.897. The molecule has 1 aromatic rings.